The van der Waals surface area contributed by atoms with E-state index in [9.17, 15) is 13.2 Å². The van der Waals surface area contributed by atoms with Gasteiger partial charge in [0.05, 0.1) is 12.8 Å². The molecule has 2 nitrogen and oxygen atoms in total. The Labute approximate surface area is 108 Å². The van der Waals surface area contributed by atoms with Crippen LogP contribution in [0.1, 0.15) is 5.56 Å². The molecule has 0 aliphatic heterocycles. The Morgan fingerprint density at radius 2 is 1.68 bits per heavy atom. The highest BCUT2D eigenvalue weighted by Gasteiger charge is 2.09. The third kappa shape index (κ3) is 2.99. The average Bonchev–Trinajstić information content (AvgIpc) is 2.40. The number of methoxy groups -OCH3 is 1. The van der Waals surface area contributed by atoms with Gasteiger partial charge in [-0.3, -0.25) is 0 Å². The first-order chi connectivity index (χ1) is 9.11. The Morgan fingerprint density at radius 3 is 2.32 bits per heavy atom. The fraction of sp³-hybridized carbons (Fsp3) is 0.143. The zero-order valence-corrected chi connectivity index (χ0v) is 10.2. The van der Waals surface area contributed by atoms with E-state index in [1.54, 1.807) is 0 Å². The second-order valence-corrected chi connectivity index (χ2v) is 3.90. The van der Waals surface area contributed by atoms with Crippen LogP contribution in [-0.4, -0.2) is 7.11 Å². The van der Waals surface area contributed by atoms with Crippen LogP contribution in [0.5, 0.6) is 5.75 Å². The van der Waals surface area contributed by atoms with Crippen molar-refractivity contribution in [3.63, 3.8) is 0 Å². The molecule has 0 radical (unpaired) electrons. The Bertz CT molecular complexity index is 567. The summed E-state index contributed by atoms with van der Waals surface area (Å²) in [5.41, 5.74) is -0.00766. The van der Waals surface area contributed by atoms with Crippen molar-refractivity contribution in [2.75, 3.05) is 12.4 Å². The van der Waals surface area contributed by atoms with Gasteiger partial charge >= 0.3 is 0 Å². The lowest BCUT2D eigenvalue weighted by Gasteiger charge is -2.10. The lowest BCUT2D eigenvalue weighted by molar-refractivity contribution is 0.414. The van der Waals surface area contributed by atoms with Crippen LogP contribution >= 0.6 is 0 Å². The van der Waals surface area contributed by atoms with Crippen molar-refractivity contribution in [1.82, 2.24) is 0 Å². The molecule has 0 amide bonds. The maximum atomic E-state index is 13.5. The van der Waals surface area contributed by atoms with Crippen molar-refractivity contribution in [3.05, 3.63) is 59.4 Å². The number of anilines is 1. The molecule has 0 heterocycles. The molecule has 0 aliphatic carbocycles. The van der Waals surface area contributed by atoms with E-state index in [4.69, 9.17) is 4.74 Å². The molecule has 0 saturated heterocycles. The van der Waals surface area contributed by atoms with Crippen molar-refractivity contribution < 1.29 is 17.9 Å². The lowest BCUT2D eigenvalue weighted by Crippen LogP contribution is -2.06. The lowest BCUT2D eigenvalue weighted by atomic mass is 10.2. The molecular weight excluding hydrogens is 255 g/mol. The van der Waals surface area contributed by atoms with E-state index in [2.05, 4.69) is 5.32 Å². The third-order valence-electron chi connectivity index (χ3n) is 2.69. The van der Waals surface area contributed by atoms with Crippen molar-refractivity contribution in [2.24, 2.45) is 0 Å². The fourth-order valence-corrected chi connectivity index (χ4v) is 1.65. The normalized spacial score (nSPS) is 10.3. The molecule has 5 heteroatoms. The van der Waals surface area contributed by atoms with Crippen LogP contribution in [0.15, 0.2) is 36.4 Å². The summed E-state index contributed by atoms with van der Waals surface area (Å²) in [6.07, 6.45) is 0. The van der Waals surface area contributed by atoms with Gasteiger partial charge in [-0.2, -0.15) is 0 Å². The molecule has 0 saturated carbocycles. The van der Waals surface area contributed by atoms with Gasteiger partial charge in [0, 0.05) is 18.2 Å². The molecule has 0 aliphatic rings. The highest BCUT2D eigenvalue weighted by molar-refractivity contribution is 5.50. The molecule has 100 valence electrons. The summed E-state index contributed by atoms with van der Waals surface area (Å²) < 4.78 is 45.3. The van der Waals surface area contributed by atoms with Crippen molar-refractivity contribution in [3.8, 4) is 5.75 Å². The number of hydrogen-bond acceptors (Lipinski definition) is 2. The smallest absolute Gasteiger partial charge is 0.146 e. The van der Waals surface area contributed by atoms with Crippen molar-refractivity contribution in [2.45, 2.75) is 6.54 Å². The van der Waals surface area contributed by atoms with Crippen molar-refractivity contribution in [1.29, 1.82) is 0 Å². The van der Waals surface area contributed by atoms with Crippen LogP contribution in [0.25, 0.3) is 0 Å². The molecule has 0 aromatic heterocycles. The van der Waals surface area contributed by atoms with Crippen molar-refractivity contribution >= 4 is 5.69 Å². The minimum atomic E-state index is -0.671. The van der Waals surface area contributed by atoms with Gasteiger partial charge in [0.2, 0.25) is 0 Å². The van der Waals surface area contributed by atoms with Gasteiger partial charge < -0.3 is 10.1 Å². The summed E-state index contributed by atoms with van der Waals surface area (Å²) in [7, 11) is 1.45. The van der Waals surface area contributed by atoms with E-state index in [0.29, 0.717) is 5.75 Å². The summed E-state index contributed by atoms with van der Waals surface area (Å²) >= 11 is 0. The van der Waals surface area contributed by atoms with E-state index in [-0.39, 0.29) is 17.8 Å². The van der Waals surface area contributed by atoms with Crippen LogP contribution in [0.3, 0.4) is 0 Å². The standard InChI is InChI=1S/C14H12F3NO/c1-19-9-5-6-13(17)14(7-9)18-8-10-11(15)3-2-4-12(10)16/h2-7,18H,8H2,1H3. The molecular formula is C14H12F3NO. The number of ether oxygens (including phenoxy) is 1. The predicted octanol–water partition coefficient (Wildman–Crippen LogP) is 3.72. The predicted molar refractivity (Wildman–Crippen MR) is 66.6 cm³/mol. The van der Waals surface area contributed by atoms with E-state index < -0.39 is 17.5 Å². The Kier molecular flexibility index (Phi) is 3.94. The highest BCUT2D eigenvalue weighted by atomic mass is 19.1. The number of benzene rings is 2. The quantitative estimate of drug-likeness (QED) is 0.911. The van der Waals surface area contributed by atoms with Gasteiger partial charge in [-0.25, -0.2) is 13.2 Å². The molecule has 0 bridgehead atoms. The minimum Gasteiger partial charge on any atom is -0.497 e. The van der Waals surface area contributed by atoms with Gasteiger partial charge in [-0.15, -0.1) is 0 Å². The summed E-state index contributed by atoms with van der Waals surface area (Å²) in [6, 6.07) is 7.70. The Balaban J connectivity index is 2.19. The van der Waals surface area contributed by atoms with Crippen LogP contribution in [0.2, 0.25) is 0 Å². The zero-order chi connectivity index (χ0) is 13.8. The fourth-order valence-electron chi connectivity index (χ4n) is 1.65. The van der Waals surface area contributed by atoms with Crippen LogP contribution in [0, 0.1) is 17.5 Å². The number of nitrogens with one attached hydrogen (secondary N) is 1. The summed E-state index contributed by atoms with van der Waals surface area (Å²) in [5, 5.41) is 2.65. The Morgan fingerprint density at radius 1 is 1.00 bits per heavy atom. The molecule has 0 spiro atoms. The van der Waals surface area contributed by atoms with E-state index >= 15 is 0 Å². The van der Waals surface area contributed by atoms with Gasteiger partial charge in [0.1, 0.15) is 23.2 Å². The highest BCUT2D eigenvalue weighted by Crippen LogP contribution is 2.22. The topological polar surface area (TPSA) is 21.3 Å². The molecule has 2 aromatic rings. The number of rotatable bonds is 4. The second kappa shape index (κ2) is 5.65. The maximum absolute atomic E-state index is 13.5. The molecule has 19 heavy (non-hydrogen) atoms. The average molecular weight is 267 g/mol. The first kappa shape index (κ1) is 13.3. The Hall–Kier alpha value is -2.17. The largest absolute Gasteiger partial charge is 0.497 e. The van der Waals surface area contributed by atoms with Gasteiger partial charge in [0.25, 0.3) is 0 Å². The molecule has 2 rings (SSSR count). The molecule has 2 aromatic carbocycles. The molecule has 0 unspecified atom stereocenters. The van der Waals surface area contributed by atoms with Crippen LogP contribution < -0.4 is 10.1 Å². The second-order valence-electron chi connectivity index (χ2n) is 3.90. The van der Waals surface area contributed by atoms with Gasteiger partial charge in [-0.05, 0) is 24.3 Å². The summed E-state index contributed by atoms with van der Waals surface area (Å²) in [6.45, 7) is -0.150. The monoisotopic (exact) mass is 267 g/mol. The molecule has 1 N–H and O–H groups in total. The summed E-state index contributed by atoms with van der Waals surface area (Å²) in [4.78, 5) is 0. The van der Waals surface area contributed by atoms with Gasteiger partial charge in [-0.1, -0.05) is 6.07 Å². The number of hydrogen-bond donors (Lipinski definition) is 1. The molecule has 0 atom stereocenters. The first-order valence-electron chi connectivity index (χ1n) is 5.62. The van der Waals surface area contributed by atoms with Gasteiger partial charge in [0.15, 0.2) is 0 Å². The van der Waals surface area contributed by atoms with E-state index in [1.165, 1.54) is 31.4 Å². The number of halogens is 3. The van der Waals surface area contributed by atoms with E-state index in [1.807, 2.05) is 0 Å². The molecule has 0 fully saturated rings. The SMILES string of the molecule is COc1ccc(F)c(NCc2c(F)cccc2F)c1. The van der Waals surface area contributed by atoms with E-state index in [0.717, 1.165) is 12.1 Å². The van der Waals surface area contributed by atoms with Crippen LogP contribution in [-0.2, 0) is 6.54 Å². The summed E-state index contributed by atoms with van der Waals surface area (Å²) in [5.74, 6) is -1.40. The zero-order valence-electron chi connectivity index (χ0n) is 10.2. The maximum Gasteiger partial charge on any atom is 0.146 e. The minimum absolute atomic E-state index is 0.127. The first-order valence-corrected chi connectivity index (χ1v) is 5.62. The third-order valence-corrected chi connectivity index (χ3v) is 2.69. The van der Waals surface area contributed by atoms with Crippen LogP contribution in [0.4, 0.5) is 18.9 Å².